The molecule has 0 saturated heterocycles. The minimum atomic E-state index is 0.0229. The van der Waals surface area contributed by atoms with Crippen molar-refractivity contribution in [3.8, 4) is 0 Å². The third-order valence-corrected chi connectivity index (χ3v) is 5.82. The van der Waals surface area contributed by atoms with Gasteiger partial charge in [-0.05, 0) is 39.0 Å². The largest absolute Gasteiger partial charge is 0.342 e. The van der Waals surface area contributed by atoms with Gasteiger partial charge in [-0.15, -0.1) is 0 Å². The van der Waals surface area contributed by atoms with Crippen molar-refractivity contribution in [3.63, 3.8) is 0 Å². The third kappa shape index (κ3) is 3.30. The van der Waals surface area contributed by atoms with Gasteiger partial charge in [-0.1, -0.05) is 36.4 Å². The van der Waals surface area contributed by atoms with E-state index in [9.17, 15) is 9.59 Å². The van der Waals surface area contributed by atoms with Gasteiger partial charge in [0.25, 0.3) is 5.91 Å². The number of likely N-dealkylation sites (N-methyl/N-ethyl adjacent to an activating group) is 2. The molecule has 0 unspecified atom stereocenters. The average Bonchev–Trinajstić information content (AvgIpc) is 3.24. The Morgan fingerprint density at radius 1 is 1.00 bits per heavy atom. The van der Waals surface area contributed by atoms with Crippen LogP contribution < -0.4 is 4.90 Å². The highest BCUT2D eigenvalue weighted by Gasteiger charge is 2.31. The molecule has 0 spiro atoms. The van der Waals surface area contributed by atoms with E-state index in [0.717, 1.165) is 27.7 Å². The minimum absolute atomic E-state index is 0.0229. The predicted molar refractivity (Wildman–Crippen MR) is 122 cm³/mol. The molecular weight excluding hydrogens is 374 g/mol. The van der Waals surface area contributed by atoms with Gasteiger partial charge in [0, 0.05) is 53.4 Å². The van der Waals surface area contributed by atoms with E-state index in [4.69, 9.17) is 0 Å². The molecule has 5 nitrogen and oxygen atoms in total. The van der Waals surface area contributed by atoms with Crippen molar-refractivity contribution in [3.05, 3.63) is 65.9 Å². The van der Waals surface area contributed by atoms with Crippen molar-refractivity contribution < 1.29 is 9.59 Å². The Kier molecular flexibility index (Phi) is 5.44. The summed E-state index contributed by atoms with van der Waals surface area (Å²) < 4.78 is 1.99. The van der Waals surface area contributed by atoms with Crippen LogP contribution in [-0.4, -0.2) is 40.9 Å². The fourth-order valence-electron chi connectivity index (χ4n) is 4.26. The van der Waals surface area contributed by atoms with Crippen LogP contribution in [0.15, 0.2) is 54.7 Å². The lowest BCUT2D eigenvalue weighted by Gasteiger charge is -2.19. The fraction of sp³-hybridized carbons (Fsp3) is 0.280. The SMILES string of the molecule is CCN(CC)C(=O)Cn1cc(/C=C2/C(=O)N(CC)c3ccccc32)c2ccccc21. The zero-order chi connectivity index (χ0) is 21.3. The molecule has 2 aromatic carbocycles. The van der Waals surface area contributed by atoms with Gasteiger partial charge < -0.3 is 14.4 Å². The highest BCUT2D eigenvalue weighted by Crippen LogP contribution is 2.38. The second kappa shape index (κ2) is 8.19. The molecule has 2 heterocycles. The van der Waals surface area contributed by atoms with Crippen LogP contribution in [0.3, 0.4) is 0 Å². The summed E-state index contributed by atoms with van der Waals surface area (Å²) in [5.74, 6) is 0.120. The summed E-state index contributed by atoms with van der Waals surface area (Å²) in [4.78, 5) is 29.4. The van der Waals surface area contributed by atoms with E-state index in [1.165, 1.54) is 0 Å². The Labute approximate surface area is 177 Å². The third-order valence-electron chi connectivity index (χ3n) is 5.82. The van der Waals surface area contributed by atoms with E-state index in [1.807, 2.05) is 95.9 Å². The zero-order valence-electron chi connectivity index (χ0n) is 17.8. The van der Waals surface area contributed by atoms with Crippen LogP contribution in [0.25, 0.3) is 22.6 Å². The van der Waals surface area contributed by atoms with Crippen molar-refractivity contribution in [2.45, 2.75) is 27.3 Å². The zero-order valence-corrected chi connectivity index (χ0v) is 17.8. The van der Waals surface area contributed by atoms with Crippen molar-refractivity contribution >= 4 is 40.1 Å². The number of benzene rings is 2. The predicted octanol–water partition coefficient (Wildman–Crippen LogP) is 4.42. The van der Waals surface area contributed by atoms with E-state index >= 15 is 0 Å². The normalized spacial score (nSPS) is 14.6. The Bertz CT molecular complexity index is 1140. The van der Waals surface area contributed by atoms with E-state index in [2.05, 4.69) is 0 Å². The second-order valence-electron chi connectivity index (χ2n) is 7.42. The van der Waals surface area contributed by atoms with Gasteiger partial charge in [0.2, 0.25) is 5.91 Å². The molecule has 0 saturated carbocycles. The number of aromatic nitrogens is 1. The fourth-order valence-corrected chi connectivity index (χ4v) is 4.26. The number of fused-ring (bicyclic) bond motifs is 2. The molecule has 3 aromatic rings. The Morgan fingerprint density at radius 3 is 2.43 bits per heavy atom. The Hall–Kier alpha value is -3.34. The maximum atomic E-state index is 13.1. The lowest BCUT2D eigenvalue weighted by Crippen LogP contribution is -2.33. The molecule has 4 rings (SSSR count). The van der Waals surface area contributed by atoms with Crippen LogP contribution in [0.2, 0.25) is 0 Å². The smallest absolute Gasteiger partial charge is 0.258 e. The molecule has 154 valence electrons. The molecule has 0 N–H and O–H groups in total. The number of amides is 2. The number of hydrogen-bond acceptors (Lipinski definition) is 2. The first-order chi connectivity index (χ1) is 14.6. The quantitative estimate of drug-likeness (QED) is 0.574. The van der Waals surface area contributed by atoms with Gasteiger partial charge in [0.15, 0.2) is 0 Å². The van der Waals surface area contributed by atoms with Crippen molar-refractivity contribution in [1.82, 2.24) is 9.47 Å². The topological polar surface area (TPSA) is 45.6 Å². The van der Waals surface area contributed by atoms with Crippen molar-refractivity contribution in [2.75, 3.05) is 24.5 Å². The van der Waals surface area contributed by atoms with Crippen molar-refractivity contribution in [1.29, 1.82) is 0 Å². The first-order valence-electron chi connectivity index (χ1n) is 10.6. The Morgan fingerprint density at radius 2 is 1.70 bits per heavy atom. The molecule has 2 amide bonds. The number of para-hydroxylation sites is 2. The average molecular weight is 402 g/mol. The lowest BCUT2D eigenvalue weighted by molar-refractivity contribution is -0.131. The molecule has 30 heavy (non-hydrogen) atoms. The highest BCUT2D eigenvalue weighted by atomic mass is 16.2. The summed E-state index contributed by atoms with van der Waals surface area (Å²) >= 11 is 0. The van der Waals surface area contributed by atoms with Gasteiger partial charge >= 0.3 is 0 Å². The van der Waals surface area contributed by atoms with E-state index in [0.29, 0.717) is 25.2 Å². The number of carbonyl (C=O) groups is 2. The lowest BCUT2D eigenvalue weighted by atomic mass is 10.0. The molecule has 1 aromatic heterocycles. The summed E-state index contributed by atoms with van der Waals surface area (Å²) in [5.41, 5.74) is 4.56. The van der Waals surface area contributed by atoms with E-state index in [1.54, 1.807) is 0 Å². The van der Waals surface area contributed by atoms with Crippen LogP contribution in [0.5, 0.6) is 0 Å². The monoisotopic (exact) mass is 401 g/mol. The first kappa shape index (κ1) is 20.0. The first-order valence-corrected chi connectivity index (χ1v) is 10.6. The van der Waals surface area contributed by atoms with E-state index in [-0.39, 0.29) is 18.4 Å². The van der Waals surface area contributed by atoms with Crippen LogP contribution in [0.4, 0.5) is 5.69 Å². The number of nitrogens with zero attached hydrogens (tertiary/aromatic N) is 3. The van der Waals surface area contributed by atoms with E-state index < -0.39 is 0 Å². The molecule has 0 fully saturated rings. The molecule has 5 heteroatoms. The number of carbonyl (C=O) groups excluding carboxylic acids is 2. The minimum Gasteiger partial charge on any atom is -0.342 e. The molecule has 0 radical (unpaired) electrons. The van der Waals surface area contributed by atoms with Gasteiger partial charge in [-0.2, -0.15) is 0 Å². The summed E-state index contributed by atoms with van der Waals surface area (Å²) in [6.07, 6.45) is 3.96. The summed E-state index contributed by atoms with van der Waals surface area (Å²) in [6.45, 7) is 8.29. The summed E-state index contributed by atoms with van der Waals surface area (Å²) in [5, 5.41) is 1.04. The number of hydrogen-bond donors (Lipinski definition) is 0. The number of rotatable bonds is 6. The van der Waals surface area contributed by atoms with Gasteiger partial charge in [0.05, 0.1) is 5.69 Å². The maximum absolute atomic E-state index is 13.1. The Balaban J connectivity index is 1.79. The summed E-state index contributed by atoms with van der Waals surface area (Å²) in [6, 6.07) is 15.9. The van der Waals surface area contributed by atoms with Crippen LogP contribution in [-0.2, 0) is 16.1 Å². The van der Waals surface area contributed by atoms with Gasteiger partial charge in [0.1, 0.15) is 6.54 Å². The standard InChI is InChI=1S/C25H27N3O2/c1-4-26(5-2)24(29)17-27-16-18(19-11-7-9-13-22(19)27)15-21-20-12-8-10-14-23(20)28(6-3)25(21)30/h7-16H,4-6,17H2,1-3H3/b21-15+. The van der Waals surface area contributed by atoms with Gasteiger partial charge in [-0.25, -0.2) is 0 Å². The van der Waals surface area contributed by atoms with Crippen LogP contribution in [0.1, 0.15) is 31.9 Å². The second-order valence-corrected chi connectivity index (χ2v) is 7.42. The molecule has 0 aliphatic carbocycles. The number of anilines is 1. The van der Waals surface area contributed by atoms with Crippen LogP contribution >= 0.6 is 0 Å². The summed E-state index contributed by atoms with van der Waals surface area (Å²) in [7, 11) is 0. The molecule has 1 aliphatic rings. The van der Waals surface area contributed by atoms with Gasteiger partial charge in [-0.3, -0.25) is 9.59 Å². The molecular formula is C25H27N3O2. The van der Waals surface area contributed by atoms with Crippen molar-refractivity contribution in [2.24, 2.45) is 0 Å². The maximum Gasteiger partial charge on any atom is 0.258 e. The molecule has 0 atom stereocenters. The highest BCUT2D eigenvalue weighted by molar-refractivity contribution is 6.36. The van der Waals surface area contributed by atoms with Crippen LogP contribution in [0, 0.1) is 0 Å². The molecule has 1 aliphatic heterocycles. The molecule has 0 bridgehead atoms.